The molecule has 1 aromatic rings. The fourth-order valence-electron chi connectivity index (χ4n) is 2.19. The Morgan fingerprint density at radius 2 is 2.00 bits per heavy atom. The van der Waals surface area contributed by atoms with Crippen LogP contribution in [0.25, 0.3) is 0 Å². The Morgan fingerprint density at radius 3 is 2.63 bits per heavy atom. The summed E-state index contributed by atoms with van der Waals surface area (Å²) in [6, 6.07) is 4.05. The third-order valence-electron chi connectivity index (χ3n) is 3.32. The van der Waals surface area contributed by atoms with Gasteiger partial charge in [0.05, 0.1) is 11.0 Å². The lowest BCUT2D eigenvalue weighted by Gasteiger charge is -2.28. The topological polar surface area (TPSA) is 92.4 Å². The summed E-state index contributed by atoms with van der Waals surface area (Å²) in [4.78, 5) is 0.145. The molecule has 0 aliphatic heterocycles. The zero-order valence-corrected chi connectivity index (χ0v) is 12.7. The van der Waals surface area contributed by atoms with Crippen molar-refractivity contribution in [2.75, 3.05) is 5.73 Å². The van der Waals surface area contributed by atoms with E-state index in [4.69, 9.17) is 5.73 Å². The van der Waals surface area contributed by atoms with Crippen molar-refractivity contribution >= 4 is 31.6 Å². The molecule has 0 radical (unpaired) electrons. The van der Waals surface area contributed by atoms with E-state index >= 15 is 0 Å². The van der Waals surface area contributed by atoms with Crippen LogP contribution >= 0.6 is 15.9 Å². The molecule has 106 valence electrons. The average Bonchev–Trinajstić information content (AvgIpc) is 2.35. The van der Waals surface area contributed by atoms with Crippen molar-refractivity contribution in [2.45, 2.75) is 42.7 Å². The predicted molar refractivity (Wildman–Crippen MR) is 77.1 cm³/mol. The lowest BCUT2D eigenvalue weighted by Crippen LogP contribution is -2.44. The molecule has 0 heterocycles. The van der Waals surface area contributed by atoms with Crippen LogP contribution in [0, 0.1) is 0 Å². The van der Waals surface area contributed by atoms with Crippen molar-refractivity contribution < 1.29 is 13.5 Å². The van der Waals surface area contributed by atoms with E-state index in [0.717, 1.165) is 12.8 Å². The smallest absolute Gasteiger partial charge is 0.240 e. The molecule has 1 fully saturated rings. The Bertz CT molecular complexity index is 562. The predicted octanol–water partition coefficient (Wildman–Crippen LogP) is 1.61. The molecule has 0 bridgehead atoms. The number of nitrogen functional groups attached to an aromatic ring is 1. The number of sulfonamides is 1. The minimum atomic E-state index is -3.63. The fraction of sp³-hybridized carbons (Fsp3) is 0.500. The number of rotatable bonds is 3. The van der Waals surface area contributed by atoms with E-state index in [9.17, 15) is 13.5 Å². The lowest BCUT2D eigenvalue weighted by molar-refractivity contribution is 0.101. The van der Waals surface area contributed by atoms with Gasteiger partial charge in [0.1, 0.15) is 0 Å². The number of hydrogen-bond acceptors (Lipinski definition) is 4. The molecule has 19 heavy (non-hydrogen) atoms. The number of aliphatic hydroxyl groups is 1. The first kappa shape index (κ1) is 14.8. The monoisotopic (exact) mass is 348 g/mol. The minimum absolute atomic E-state index is 0.145. The quantitative estimate of drug-likeness (QED) is 0.723. The molecular formula is C12H17BrN2O3S. The standard InChI is InChI=1S/C12H17BrN2O3S/c13-9-7-8(5-6-10(9)14)19(17,18)15-11-3-1-2-4-12(11)16/h5-7,11-12,15-16H,1-4,14H2. The molecule has 5 nitrogen and oxygen atoms in total. The Labute approximate surface area is 121 Å². The molecule has 1 saturated carbocycles. The summed E-state index contributed by atoms with van der Waals surface area (Å²) in [6.07, 6.45) is 2.55. The van der Waals surface area contributed by atoms with Gasteiger partial charge in [0, 0.05) is 16.2 Å². The lowest BCUT2D eigenvalue weighted by atomic mass is 9.93. The Kier molecular flexibility index (Phi) is 4.50. The van der Waals surface area contributed by atoms with E-state index in [1.54, 1.807) is 0 Å². The van der Waals surface area contributed by atoms with Crippen molar-refractivity contribution in [3.63, 3.8) is 0 Å². The minimum Gasteiger partial charge on any atom is -0.398 e. The molecule has 7 heteroatoms. The van der Waals surface area contributed by atoms with Gasteiger partial charge in [-0.3, -0.25) is 0 Å². The van der Waals surface area contributed by atoms with Gasteiger partial charge in [0.15, 0.2) is 0 Å². The van der Waals surface area contributed by atoms with Gasteiger partial charge in [-0.2, -0.15) is 0 Å². The number of benzene rings is 1. The second-order valence-corrected chi connectivity index (χ2v) is 7.33. The van der Waals surface area contributed by atoms with Gasteiger partial charge >= 0.3 is 0 Å². The van der Waals surface area contributed by atoms with E-state index in [2.05, 4.69) is 20.7 Å². The molecule has 1 aliphatic rings. The number of nitrogens with one attached hydrogen (secondary N) is 1. The van der Waals surface area contributed by atoms with Crippen molar-refractivity contribution in [1.29, 1.82) is 0 Å². The maximum atomic E-state index is 12.2. The van der Waals surface area contributed by atoms with Crippen LogP contribution in [0.1, 0.15) is 25.7 Å². The van der Waals surface area contributed by atoms with Crippen molar-refractivity contribution in [2.24, 2.45) is 0 Å². The van der Waals surface area contributed by atoms with Gasteiger partial charge < -0.3 is 10.8 Å². The van der Waals surface area contributed by atoms with Crippen LogP contribution in [-0.4, -0.2) is 25.7 Å². The third kappa shape index (κ3) is 3.47. The van der Waals surface area contributed by atoms with Crippen LogP contribution in [0.4, 0.5) is 5.69 Å². The zero-order chi connectivity index (χ0) is 14.0. The van der Waals surface area contributed by atoms with Crippen molar-refractivity contribution in [1.82, 2.24) is 4.72 Å². The van der Waals surface area contributed by atoms with Gasteiger partial charge in [0.25, 0.3) is 0 Å². The summed E-state index contributed by atoms with van der Waals surface area (Å²) in [5.41, 5.74) is 6.12. The van der Waals surface area contributed by atoms with E-state index in [1.807, 2.05) is 0 Å². The number of halogens is 1. The fourth-order valence-corrected chi connectivity index (χ4v) is 4.05. The zero-order valence-electron chi connectivity index (χ0n) is 10.3. The molecule has 2 unspecified atom stereocenters. The van der Waals surface area contributed by atoms with Crippen molar-refractivity contribution in [3.05, 3.63) is 22.7 Å². The molecule has 0 amide bonds. The first-order chi connectivity index (χ1) is 8.90. The maximum Gasteiger partial charge on any atom is 0.240 e. The van der Waals surface area contributed by atoms with Gasteiger partial charge in [-0.1, -0.05) is 12.8 Å². The maximum absolute atomic E-state index is 12.2. The number of aliphatic hydroxyl groups excluding tert-OH is 1. The normalized spacial score (nSPS) is 24.3. The summed E-state index contributed by atoms with van der Waals surface area (Å²) in [6.45, 7) is 0. The van der Waals surface area contributed by atoms with Crippen LogP contribution in [-0.2, 0) is 10.0 Å². The molecule has 0 aromatic heterocycles. The van der Waals surface area contributed by atoms with Crippen LogP contribution in [0.3, 0.4) is 0 Å². The largest absolute Gasteiger partial charge is 0.398 e. The SMILES string of the molecule is Nc1ccc(S(=O)(=O)NC2CCCCC2O)cc1Br. The molecule has 2 rings (SSSR count). The summed E-state index contributed by atoms with van der Waals surface area (Å²) in [5, 5.41) is 9.82. The van der Waals surface area contributed by atoms with Crippen LogP contribution < -0.4 is 10.5 Å². The van der Waals surface area contributed by atoms with Gasteiger partial charge in [0.2, 0.25) is 10.0 Å². The van der Waals surface area contributed by atoms with Crippen molar-refractivity contribution in [3.8, 4) is 0 Å². The summed E-state index contributed by atoms with van der Waals surface area (Å²) in [5.74, 6) is 0. The van der Waals surface area contributed by atoms with Gasteiger partial charge in [-0.25, -0.2) is 13.1 Å². The molecule has 1 aliphatic carbocycles. The van der Waals surface area contributed by atoms with E-state index < -0.39 is 22.2 Å². The Morgan fingerprint density at radius 1 is 1.32 bits per heavy atom. The van der Waals surface area contributed by atoms with Gasteiger partial charge in [-0.05, 0) is 47.0 Å². The molecule has 1 aromatic carbocycles. The molecule has 0 spiro atoms. The summed E-state index contributed by atoms with van der Waals surface area (Å²) in [7, 11) is -3.63. The number of nitrogens with two attached hydrogens (primary N) is 1. The summed E-state index contributed by atoms with van der Waals surface area (Å²) < 4.78 is 27.6. The highest BCUT2D eigenvalue weighted by Crippen LogP contribution is 2.25. The highest BCUT2D eigenvalue weighted by molar-refractivity contribution is 9.10. The molecule has 0 saturated heterocycles. The number of hydrogen-bond donors (Lipinski definition) is 3. The average molecular weight is 349 g/mol. The number of anilines is 1. The van der Waals surface area contributed by atoms with Gasteiger partial charge in [-0.15, -0.1) is 0 Å². The van der Waals surface area contributed by atoms with Crippen LogP contribution in [0.2, 0.25) is 0 Å². The van der Waals surface area contributed by atoms with E-state index in [0.29, 0.717) is 23.0 Å². The third-order valence-corrected chi connectivity index (χ3v) is 5.49. The second kappa shape index (κ2) is 5.78. The Hall–Kier alpha value is -0.630. The van der Waals surface area contributed by atoms with Crippen LogP contribution in [0.5, 0.6) is 0 Å². The van der Waals surface area contributed by atoms with Crippen LogP contribution in [0.15, 0.2) is 27.6 Å². The first-order valence-corrected chi connectivity index (χ1v) is 8.43. The molecular weight excluding hydrogens is 332 g/mol. The Balaban J connectivity index is 2.19. The van der Waals surface area contributed by atoms with E-state index in [1.165, 1.54) is 18.2 Å². The highest BCUT2D eigenvalue weighted by atomic mass is 79.9. The molecule has 2 atom stereocenters. The van der Waals surface area contributed by atoms with E-state index in [-0.39, 0.29) is 4.90 Å². The summed E-state index contributed by atoms with van der Waals surface area (Å²) >= 11 is 3.21. The first-order valence-electron chi connectivity index (χ1n) is 6.15. The highest BCUT2D eigenvalue weighted by Gasteiger charge is 2.28. The second-order valence-electron chi connectivity index (χ2n) is 4.76. The molecule has 4 N–H and O–H groups in total.